The zero-order valence-electron chi connectivity index (χ0n) is 17.7. The second-order valence-electron chi connectivity index (χ2n) is 8.00. The smallest absolute Gasteiger partial charge is 0.256 e. The summed E-state index contributed by atoms with van der Waals surface area (Å²) in [6, 6.07) is 17.5. The number of benzene rings is 2. The Kier molecular flexibility index (Phi) is 5.81. The summed E-state index contributed by atoms with van der Waals surface area (Å²) < 4.78 is 7.80. The van der Waals surface area contributed by atoms with Crippen LogP contribution in [0, 0.1) is 5.92 Å². The number of ether oxygens (including phenoxy) is 1. The predicted octanol–water partition coefficient (Wildman–Crippen LogP) is 3.80. The van der Waals surface area contributed by atoms with Gasteiger partial charge in [-0.2, -0.15) is 0 Å². The average Bonchev–Trinajstić information content (AvgIpc) is 3.17. The van der Waals surface area contributed by atoms with E-state index in [4.69, 9.17) is 4.74 Å². The van der Waals surface area contributed by atoms with Crippen LogP contribution in [0.1, 0.15) is 16.1 Å². The SMILES string of the molecule is O=C(c1ccccc1Nc1ccccc1)N1CCOC[C@@H](Cc2cn3ccnc3cn2)C1. The van der Waals surface area contributed by atoms with E-state index in [0.717, 1.165) is 29.1 Å². The molecule has 1 amide bonds. The second kappa shape index (κ2) is 9.20. The molecular weight excluding hydrogens is 402 g/mol. The van der Waals surface area contributed by atoms with Gasteiger partial charge in [0.05, 0.1) is 36.4 Å². The largest absolute Gasteiger partial charge is 0.379 e. The molecule has 1 aliphatic rings. The number of fused-ring (bicyclic) bond motifs is 1. The Bertz CT molecular complexity index is 1210. The van der Waals surface area contributed by atoms with E-state index in [1.54, 1.807) is 12.4 Å². The molecule has 1 fully saturated rings. The van der Waals surface area contributed by atoms with Gasteiger partial charge in [0.1, 0.15) is 0 Å². The van der Waals surface area contributed by atoms with Crippen molar-refractivity contribution < 1.29 is 9.53 Å². The molecule has 7 heteroatoms. The first-order valence-electron chi connectivity index (χ1n) is 10.8. The van der Waals surface area contributed by atoms with Crippen LogP contribution in [0.15, 0.2) is 79.4 Å². The first-order valence-corrected chi connectivity index (χ1v) is 10.8. The number of imidazole rings is 1. The lowest BCUT2D eigenvalue weighted by atomic mass is 10.0. The average molecular weight is 428 g/mol. The number of hydrogen-bond acceptors (Lipinski definition) is 5. The van der Waals surface area contributed by atoms with Crippen LogP contribution in [-0.2, 0) is 11.2 Å². The first kappa shape index (κ1) is 20.2. The van der Waals surface area contributed by atoms with E-state index in [1.807, 2.05) is 76.3 Å². The molecule has 0 unspecified atom stereocenters. The van der Waals surface area contributed by atoms with Gasteiger partial charge in [-0.15, -0.1) is 0 Å². The van der Waals surface area contributed by atoms with Crippen molar-refractivity contribution in [3.63, 3.8) is 0 Å². The highest BCUT2D eigenvalue weighted by Gasteiger charge is 2.25. The monoisotopic (exact) mass is 427 g/mol. The van der Waals surface area contributed by atoms with Crippen LogP contribution in [0.2, 0.25) is 0 Å². The van der Waals surface area contributed by atoms with Crippen molar-refractivity contribution in [2.24, 2.45) is 5.92 Å². The van der Waals surface area contributed by atoms with Gasteiger partial charge in [-0.05, 0) is 30.7 Å². The van der Waals surface area contributed by atoms with E-state index < -0.39 is 0 Å². The van der Waals surface area contributed by atoms with Crippen LogP contribution in [0.5, 0.6) is 0 Å². The minimum atomic E-state index is 0.0116. The molecule has 1 N–H and O–H groups in total. The van der Waals surface area contributed by atoms with Gasteiger partial charge in [-0.1, -0.05) is 30.3 Å². The van der Waals surface area contributed by atoms with Crippen molar-refractivity contribution >= 4 is 22.9 Å². The van der Waals surface area contributed by atoms with E-state index in [2.05, 4.69) is 15.3 Å². The molecule has 162 valence electrons. The number of anilines is 2. The Balaban J connectivity index is 1.33. The van der Waals surface area contributed by atoms with Crippen LogP contribution < -0.4 is 5.32 Å². The number of nitrogens with zero attached hydrogens (tertiary/aromatic N) is 4. The van der Waals surface area contributed by atoms with Gasteiger partial charge >= 0.3 is 0 Å². The zero-order chi connectivity index (χ0) is 21.8. The van der Waals surface area contributed by atoms with Crippen molar-refractivity contribution in [2.75, 3.05) is 31.6 Å². The maximum Gasteiger partial charge on any atom is 0.256 e. The zero-order valence-corrected chi connectivity index (χ0v) is 17.7. The van der Waals surface area contributed by atoms with Crippen molar-refractivity contribution in [3.05, 3.63) is 90.6 Å². The van der Waals surface area contributed by atoms with E-state index in [1.165, 1.54) is 0 Å². The topological polar surface area (TPSA) is 71.8 Å². The fraction of sp³-hybridized carbons (Fsp3) is 0.240. The molecule has 2 aromatic heterocycles. The van der Waals surface area contributed by atoms with Crippen molar-refractivity contribution in [3.8, 4) is 0 Å². The third kappa shape index (κ3) is 4.48. The number of nitrogens with one attached hydrogen (secondary N) is 1. The molecule has 0 aliphatic carbocycles. The lowest BCUT2D eigenvalue weighted by Crippen LogP contribution is -2.36. The lowest BCUT2D eigenvalue weighted by molar-refractivity contribution is 0.0738. The van der Waals surface area contributed by atoms with Gasteiger partial charge in [0.2, 0.25) is 0 Å². The first-order chi connectivity index (χ1) is 15.8. The summed E-state index contributed by atoms with van der Waals surface area (Å²) in [6.07, 6.45) is 8.19. The summed E-state index contributed by atoms with van der Waals surface area (Å²) in [6.45, 7) is 2.34. The van der Waals surface area contributed by atoms with Gasteiger partial charge < -0.3 is 19.4 Å². The summed E-state index contributed by atoms with van der Waals surface area (Å²) in [5, 5.41) is 3.38. The number of para-hydroxylation sites is 2. The standard InChI is InChI=1S/C25H25N5O2/c31-25(22-8-4-5-9-23(22)28-20-6-2-1-3-7-20)30-12-13-32-18-19(16-30)14-21-17-29-11-10-26-24(29)15-27-21/h1-11,15,17,19,28H,12-14,16,18H2/t19-/m0/s1. The molecule has 7 nitrogen and oxygen atoms in total. The summed E-state index contributed by atoms with van der Waals surface area (Å²) in [7, 11) is 0. The summed E-state index contributed by atoms with van der Waals surface area (Å²) in [4.78, 5) is 24.2. The molecule has 1 aliphatic heterocycles. The molecule has 2 aromatic carbocycles. The highest BCUT2D eigenvalue weighted by atomic mass is 16.5. The van der Waals surface area contributed by atoms with E-state index in [0.29, 0.717) is 31.9 Å². The molecule has 0 saturated carbocycles. The summed E-state index contributed by atoms with van der Waals surface area (Å²) >= 11 is 0. The van der Waals surface area contributed by atoms with Gasteiger partial charge in [0.25, 0.3) is 5.91 Å². The van der Waals surface area contributed by atoms with E-state index in [9.17, 15) is 4.79 Å². The molecular formula is C25H25N5O2. The Morgan fingerprint density at radius 3 is 2.84 bits per heavy atom. The molecule has 5 rings (SSSR count). The highest BCUT2D eigenvalue weighted by molar-refractivity contribution is 6.00. The molecule has 32 heavy (non-hydrogen) atoms. The molecule has 0 bridgehead atoms. The molecule has 1 atom stereocenters. The van der Waals surface area contributed by atoms with E-state index in [-0.39, 0.29) is 11.8 Å². The quantitative estimate of drug-likeness (QED) is 0.525. The number of hydrogen-bond donors (Lipinski definition) is 1. The molecule has 0 radical (unpaired) electrons. The second-order valence-corrected chi connectivity index (χ2v) is 8.00. The third-order valence-electron chi connectivity index (χ3n) is 5.67. The van der Waals surface area contributed by atoms with Crippen LogP contribution in [0.25, 0.3) is 5.65 Å². The Morgan fingerprint density at radius 2 is 1.94 bits per heavy atom. The van der Waals surface area contributed by atoms with Crippen LogP contribution in [0.3, 0.4) is 0 Å². The maximum absolute atomic E-state index is 13.5. The predicted molar refractivity (Wildman–Crippen MR) is 123 cm³/mol. The molecule has 1 saturated heterocycles. The van der Waals surface area contributed by atoms with E-state index >= 15 is 0 Å². The van der Waals surface area contributed by atoms with Crippen molar-refractivity contribution in [1.82, 2.24) is 19.3 Å². The Labute approximate surface area is 186 Å². The highest BCUT2D eigenvalue weighted by Crippen LogP contribution is 2.23. The number of carbonyl (C=O) groups is 1. The summed E-state index contributed by atoms with van der Waals surface area (Å²) in [5.74, 6) is 0.182. The van der Waals surface area contributed by atoms with Crippen molar-refractivity contribution in [1.29, 1.82) is 0 Å². The normalized spacial score (nSPS) is 16.6. The minimum absolute atomic E-state index is 0.0116. The molecule has 4 aromatic rings. The number of carbonyl (C=O) groups excluding carboxylic acids is 1. The molecule has 0 spiro atoms. The van der Waals surface area contributed by atoms with Gasteiger partial charge in [-0.25, -0.2) is 4.98 Å². The lowest BCUT2D eigenvalue weighted by Gasteiger charge is -2.25. The number of aromatic nitrogens is 3. The third-order valence-corrected chi connectivity index (χ3v) is 5.67. The van der Waals surface area contributed by atoms with Gasteiger partial charge in [-0.3, -0.25) is 9.78 Å². The number of amides is 1. The van der Waals surface area contributed by atoms with Crippen LogP contribution in [-0.4, -0.2) is 51.5 Å². The minimum Gasteiger partial charge on any atom is -0.379 e. The maximum atomic E-state index is 13.5. The van der Waals surface area contributed by atoms with Crippen molar-refractivity contribution in [2.45, 2.75) is 6.42 Å². The van der Waals surface area contributed by atoms with Gasteiger partial charge in [0, 0.05) is 43.3 Å². The molecule has 3 heterocycles. The summed E-state index contributed by atoms with van der Waals surface area (Å²) in [5.41, 5.74) is 4.20. The Hall–Kier alpha value is -3.71. The van der Waals surface area contributed by atoms with Crippen LogP contribution in [0.4, 0.5) is 11.4 Å². The van der Waals surface area contributed by atoms with Gasteiger partial charge in [0.15, 0.2) is 5.65 Å². The fourth-order valence-electron chi connectivity index (χ4n) is 4.08. The van der Waals surface area contributed by atoms with Crippen LogP contribution >= 0.6 is 0 Å². The Morgan fingerprint density at radius 1 is 1.09 bits per heavy atom. The number of rotatable bonds is 5. The fourth-order valence-corrected chi connectivity index (χ4v) is 4.08.